The number of aryl methyl sites for hydroxylation is 1. The van der Waals surface area contributed by atoms with Crippen molar-refractivity contribution in [2.75, 3.05) is 37.0 Å². The van der Waals surface area contributed by atoms with Crippen LogP contribution in [0.5, 0.6) is 0 Å². The Kier molecular flexibility index (Phi) is 4.71. The molecule has 3 heterocycles. The lowest BCUT2D eigenvalue weighted by Crippen LogP contribution is -2.44. The second-order valence-corrected chi connectivity index (χ2v) is 5.77. The van der Waals surface area contributed by atoms with Gasteiger partial charge in [-0.2, -0.15) is 4.98 Å². The van der Waals surface area contributed by atoms with E-state index in [0.717, 1.165) is 37.4 Å². The first-order chi connectivity index (χ1) is 11.2. The van der Waals surface area contributed by atoms with Crippen molar-refractivity contribution < 1.29 is 9.26 Å². The van der Waals surface area contributed by atoms with Gasteiger partial charge in [0.1, 0.15) is 18.8 Å². The first-order valence-corrected chi connectivity index (χ1v) is 7.75. The molecule has 0 unspecified atom stereocenters. The number of anilines is 2. The molecule has 124 valence electrons. The third-order valence-electron chi connectivity index (χ3n) is 4.16. The van der Waals surface area contributed by atoms with Crippen molar-refractivity contribution in [2.45, 2.75) is 32.4 Å². The largest absolute Gasteiger partial charge is 0.377 e. The van der Waals surface area contributed by atoms with Crippen molar-refractivity contribution in [2.24, 2.45) is 0 Å². The monoisotopic (exact) mass is 318 g/mol. The van der Waals surface area contributed by atoms with E-state index in [1.165, 1.54) is 0 Å². The van der Waals surface area contributed by atoms with E-state index >= 15 is 0 Å². The zero-order valence-electron chi connectivity index (χ0n) is 13.8. The van der Waals surface area contributed by atoms with Crippen LogP contribution in [0.25, 0.3) is 0 Å². The van der Waals surface area contributed by atoms with E-state index < -0.39 is 0 Å². The van der Waals surface area contributed by atoms with Crippen LogP contribution in [-0.2, 0) is 11.3 Å². The van der Waals surface area contributed by atoms with Gasteiger partial charge in [0.05, 0.1) is 0 Å². The molecule has 1 aliphatic rings. The topological polar surface area (TPSA) is 80.4 Å². The zero-order valence-corrected chi connectivity index (χ0v) is 13.8. The molecule has 0 amide bonds. The van der Waals surface area contributed by atoms with E-state index in [1.807, 2.05) is 13.0 Å². The lowest BCUT2D eigenvalue weighted by Gasteiger charge is -2.36. The molecular weight excluding hydrogens is 296 g/mol. The number of aromatic nitrogens is 4. The SMILES string of the molecule is COCc1noc(N2CCC(N(C)c3cc(C)ncn3)CC2)n1. The Hall–Kier alpha value is -2.22. The predicted molar refractivity (Wildman–Crippen MR) is 85.4 cm³/mol. The maximum atomic E-state index is 5.30. The highest BCUT2D eigenvalue weighted by molar-refractivity contribution is 5.39. The van der Waals surface area contributed by atoms with E-state index in [4.69, 9.17) is 9.26 Å². The predicted octanol–water partition coefficient (Wildman–Crippen LogP) is 1.42. The Bertz CT molecular complexity index is 638. The first kappa shape index (κ1) is 15.7. The van der Waals surface area contributed by atoms with E-state index in [1.54, 1.807) is 13.4 Å². The molecule has 1 saturated heterocycles. The fourth-order valence-corrected chi connectivity index (χ4v) is 2.83. The van der Waals surface area contributed by atoms with Crippen molar-refractivity contribution in [3.8, 4) is 0 Å². The number of methoxy groups -OCH3 is 1. The van der Waals surface area contributed by atoms with Gasteiger partial charge in [-0.3, -0.25) is 0 Å². The fourth-order valence-electron chi connectivity index (χ4n) is 2.83. The van der Waals surface area contributed by atoms with Gasteiger partial charge >= 0.3 is 6.01 Å². The van der Waals surface area contributed by atoms with Crippen molar-refractivity contribution in [1.82, 2.24) is 20.1 Å². The Morgan fingerprint density at radius 1 is 1.35 bits per heavy atom. The molecule has 0 bridgehead atoms. The van der Waals surface area contributed by atoms with E-state index in [2.05, 4.69) is 37.0 Å². The molecule has 0 aromatic carbocycles. The van der Waals surface area contributed by atoms with Crippen LogP contribution >= 0.6 is 0 Å². The zero-order chi connectivity index (χ0) is 16.2. The van der Waals surface area contributed by atoms with Gasteiger partial charge in [0.25, 0.3) is 0 Å². The molecule has 0 saturated carbocycles. The summed E-state index contributed by atoms with van der Waals surface area (Å²) >= 11 is 0. The minimum Gasteiger partial charge on any atom is -0.377 e. The lowest BCUT2D eigenvalue weighted by molar-refractivity contribution is 0.174. The van der Waals surface area contributed by atoms with Crippen LogP contribution in [0, 0.1) is 6.92 Å². The first-order valence-electron chi connectivity index (χ1n) is 7.75. The van der Waals surface area contributed by atoms with Crippen molar-refractivity contribution in [3.05, 3.63) is 23.9 Å². The van der Waals surface area contributed by atoms with Gasteiger partial charge in [-0.05, 0) is 19.8 Å². The minimum absolute atomic E-state index is 0.371. The van der Waals surface area contributed by atoms with Crippen LogP contribution in [0.4, 0.5) is 11.8 Å². The van der Waals surface area contributed by atoms with Crippen LogP contribution in [0.2, 0.25) is 0 Å². The summed E-state index contributed by atoms with van der Waals surface area (Å²) in [5, 5.41) is 3.91. The molecule has 2 aromatic rings. The fraction of sp³-hybridized carbons (Fsp3) is 0.600. The second kappa shape index (κ2) is 6.91. The molecule has 23 heavy (non-hydrogen) atoms. The molecular formula is C15H22N6O2. The molecule has 0 aliphatic carbocycles. The lowest BCUT2D eigenvalue weighted by atomic mass is 10.0. The Labute approximate surface area is 135 Å². The number of piperidine rings is 1. The average molecular weight is 318 g/mol. The third kappa shape index (κ3) is 3.58. The van der Waals surface area contributed by atoms with Crippen LogP contribution in [0.15, 0.2) is 16.9 Å². The summed E-state index contributed by atoms with van der Waals surface area (Å²) in [6, 6.07) is 3.04. The van der Waals surface area contributed by atoms with Crippen LogP contribution in [0.1, 0.15) is 24.4 Å². The summed E-state index contributed by atoms with van der Waals surface area (Å²) in [6.07, 6.45) is 3.65. The van der Waals surface area contributed by atoms with Crippen molar-refractivity contribution in [3.63, 3.8) is 0 Å². The maximum Gasteiger partial charge on any atom is 0.324 e. The molecule has 0 radical (unpaired) electrons. The summed E-state index contributed by atoms with van der Waals surface area (Å²) in [6.45, 7) is 4.12. The molecule has 0 atom stereocenters. The Morgan fingerprint density at radius 3 is 2.83 bits per heavy atom. The molecule has 3 rings (SSSR count). The third-order valence-corrected chi connectivity index (χ3v) is 4.16. The highest BCUT2D eigenvalue weighted by Gasteiger charge is 2.26. The quantitative estimate of drug-likeness (QED) is 0.819. The molecule has 0 spiro atoms. The van der Waals surface area contributed by atoms with Crippen molar-refractivity contribution in [1.29, 1.82) is 0 Å². The van der Waals surface area contributed by atoms with Gasteiger partial charge in [0.15, 0.2) is 5.82 Å². The van der Waals surface area contributed by atoms with Crippen LogP contribution in [-0.4, -0.2) is 53.4 Å². The van der Waals surface area contributed by atoms with Gasteiger partial charge < -0.3 is 19.1 Å². The van der Waals surface area contributed by atoms with Crippen LogP contribution in [0.3, 0.4) is 0 Å². The summed E-state index contributed by atoms with van der Waals surface area (Å²) < 4.78 is 10.3. The van der Waals surface area contributed by atoms with E-state index in [0.29, 0.717) is 24.5 Å². The highest BCUT2D eigenvalue weighted by atomic mass is 16.5. The maximum absolute atomic E-state index is 5.30. The number of rotatable bonds is 5. The summed E-state index contributed by atoms with van der Waals surface area (Å²) in [7, 11) is 3.71. The minimum atomic E-state index is 0.371. The molecule has 8 heteroatoms. The van der Waals surface area contributed by atoms with Gasteiger partial charge in [-0.15, -0.1) is 0 Å². The molecule has 0 N–H and O–H groups in total. The van der Waals surface area contributed by atoms with Crippen molar-refractivity contribution >= 4 is 11.8 Å². The Balaban J connectivity index is 1.59. The van der Waals surface area contributed by atoms with Crippen LogP contribution < -0.4 is 9.80 Å². The highest BCUT2D eigenvalue weighted by Crippen LogP contribution is 2.23. The average Bonchev–Trinajstić information content (AvgIpc) is 3.03. The summed E-state index contributed by atoms with van der Waals surface area (Å²) in [5.41, 5.74) is 0.982. The summed E-state index contributed by atoms with van der Waals surface area (Å²) in [4.78, 5) is 17.2. The standard InChI is InChI=1S/C15H22N6O2/c1-11-8-14(17-10-16-11)20(2)12-4-6-21(7-5-12)15-18-13(9-22-3)19-23-15/h8,10,12H,4-7,9H2,1-3H3. The van der Waals surface area contributed by atoms with E-state index in [9.17, 15) is 0 Å². The number of nitrogens with zero attached hydrogens (tertiary/aromatic N) is 6. The summed E-state index contributed by atoms with van der Waals surface area (Å²) in [5.74, 6) is 1.55. The smallest absolute Gasteiger partial charge is 0.324 e. The Morgan fingerprint density at radius 2 is 2.13 bits per heavy atom. The number of ether oxygens (including phenoxy) is 1. The molecule has 2 aromatic heterocycles. The van der Waals surface area contributed by atoms with Gasteiger partial charge in [0.2, 0.25) is 0 Å². The van der Waals surface area contributed by atoms with Gasteiger partial charge in [-0.1, -0.05) is 5.16 Å². The van der Waals surface area contributed by atoms with E-state index in [-0.39, 0.29) is 0 Å². The normalized spacial score (nSPS) is 15.9. The number of hydrogen-bond donors (Lipinski definition) is 0. The molecule has 1 aliphatic heterocycles. The molecule has 8 nitrogen and oxygen atoms in total. The molecule has 1 fully saturated rings. The van der Waals surface area contributed by atoms with Gasteiger partial charge in [-0.25, -0.2) is 9.97 Å². The number of hydrogen-bond acceptors (Lipinski definition) is 8. The second-order valence-electron chi connectivity index (χ2n) is 5.77. The van der Waals surface area contributed by atoms with Gasteiger partial charge in [0, 0.05) is 45.0 Å².